The molecule has 0 unspecified atom stereocenters. The van der Waals surface area contributed by atoms with Crippen LogP contribution >= 0.6 is 0 Å². The monoisotopic (exact) mass is 271 g/mol. The number of likely N-dealkylation sites (tertiary alicyclic amines) is 1. The minimum absolute atomic E-state index is 0.119. The van der Waals surface area contributed by atoms with Gasteiger partial charge in [-0.15, -0.1) is 0 Å². The first-order valence-electron chi connectivity index (χ1n) is 7.12. The standard InChI is InChI=1S/C16H21N3O/c1-16(2)6-3-7-19(10-16)15(20)13-9-18-14-8-11(17)4-5-12(13)14/h4-5,8-9,18H,3,6-7,10,17H2,1-2H3. The molecular weight excluding hydrogens is 250 g/mol. The van der Waals surface area contributed by atoms with Crippen LogP contribution < -0.4 is 5.73 Å². The molecule has 0 atom stereocenters. The second-order valence-electron chi connectivity index (χ2n) is 6.50. The number of benzene rings is 1. The van der Waals surface area contributed by atoms with E-state index in [1.54, 1.807) is 6.20 Å². The van der Waals surface area contributed by atoms with Gasteiger partial charge in [0.2, 0.25) is 0 Å². The number of piperidine rings is 1. The summed E-state index contributed by atoms with van der Waals surface area (Å²) in [5.74, 6) is 0.119. The van der Waals surface area contributed by atoms with Crippen molar-refractivity contribution >= 4 is 22.5 Å². The Labute approximate surface area is 118 Å². The van der Waals surface area contributed by atoms with Gasteiger partial charge in [-0.3, -0.25) is 4.79 Å². The van der Waals surface area contributed by atoms with Gasteiger partial charge in [0, 0.05) is 35.9 Å². The Balaban J connectivity index is 1.92. The number of carbonyl (C=O) groups is 1. The SMILES string of the molecule is CC1(C)CCCN(C(=O)c2c[nH]c3cc(N)ccc23)C1. The molecule has 0 spiro atoms. The zero-order valence-corrected chi connectivity index (χ0v) is 12.1. The average molecular weight is 271 g/mol. The van der Waals surface area contributed by atoms with Crippen LogP contribution in [0.25, 0.3) is 10.9 Å². The van der Waals surface area contributed by atoms with Crippen LogP contribution in [0.5, 0.6) is 0 Å². The van der Waals surface area contributed by atoms with Gasteiger partial charge in [-0.25, -0.2) is 0 Å². The van der Waals surface area contributed by atoms with Gasteiger partial charge in [-0.2, -0.15) is 0 Å². The molecule has 1 saturated heterocycles. The van der Waals surface area contributed by atoms with E-state index in [2.05, 4.69) is 18.8 Å². The molecular formula is C16H21N3O. The molecule has 4 heteroatoms. The molecule has 2 heterocycles. The zero-order chi connectivity index (χ0) is 14.3. The second-order valence-corrected chi connectivity index (χ2v) is 6.50. The number of nitrogens with one attached hydrogen (secondary N) is 1. The van der Waals surface area contributed by atoms with E-state index < -0.39 is 0 Å². The van der Waals surface area contributed by atoms with Crippen molar-refractivity contribution in [1.29, 1.82) is 0 Å². The molecule has 1 aromatic heterocycles. The molecule has 1 amide bonds. The van der Waals surface area contributed by atoms with Crippen molar-refractivity contribution in [3.63, 3.8) is 0 Å². The van der Waals surface area contributed by atoms with Crippen LogP contribution in [0.4, 0.5) is 5.69 Å². The van der Waals surface area contributed by atoms with E-state index in [0.29, 0.717) is 5.69 Å². The molecule has 1 aromatic carbocycles. The first-order valence-corrected chi connectivity index (χ1v) is 7.12. The number of nitrogens with two attached hydrogens (primary N) is 1. The highest BCUT2D eigenvalue weighted by atomic mass is 16.2. The normalized spacial score (nSPS) is 18.4. The molecule has 0 saturated carbocycles. The van der Waals surface area contributed by atoms with Gasteiger partial charge in [0.25, 0.3) is 5.91 Å². The summed E-state index contributed by atoms with van der Waals surface area (Å²) in [6.45, 7) is 6.13. The van der Waals surface area contributed by atoms with Crippen molar-refractivity contribution in [3.8, 4) is 0 Å². The van der Waals surface area contributed by atoms with Crippen molar-refractivity contribution in [2.24, 2.45) is 5.41 Å². The number of nitrogens with zero attached hydrogens (tertiary/aromatic N) is 1. The van der Waals surface area contributed by atoms with Crippen LogP contribution in [0, 0.1) is 5.41 Å². The maximum Gasteiger partial charge on any atom is 0.256 e. The van der Waals surface area contributed by atoms with Crippen LogP contribution in [0.2, 0.25) is 0 Å². The van der Waals surface area contributed by atoms with Gasteiger partial charge >= 0.3 is 0 Å². The third-order valence-electron chi connectivity index (χ3n) is 4.12. The molecule has 0 bridgehead atoms. The number of rotatable bonds is 1. The maximum atomic E-state index is 12.7. The number of fused-ring (bicyclic) bond motifs is 1. The third kappa shape index (κ3) is 2.26. The average Bonchev–Trinajstić information content (AvgIpc) is 2.79. The van der Waals surface area contributed by atoms with Crippen molar-refractivity contribution < 1.29 is 4.79 Å². The van der Waals surface area contributed by atoms with E-state index >= 15 is 0 Å². The first kappa shape index (κ1) is 13.0. The van der Waals surface area contributed by atoms with Crippen molar-refractivity contribution in [3.05, 3.63) is 30.0 Å². The Morgan fingerprint density at radius 3 is 2.95 bits per heavy atom. The van der Waals surface area contributed by atoms with Crippen LogP contribution in [-0.4, -0.2) is 28.9 Å². The number of hydrogen-bond acceptors (Lipinski definition) is 2. The van der Waals surface area contributed by atoms with Crippen LogP contribution in [0.15, 0.2) is 24.4 Å². The van der Waals surface area contributed by atoms with Gasteiger partial charge < -0.3 is 15.6 Å². The summed E-state index contributed by atoms with van der Waals surface area (Å²) >= 11 is 0. The largest absolute Gasteiger partial charge is 0.399 e. The highest BCUT2D eigenvalue weighted by molar-refractivity contribution is 6.07. The molecule has 1 aliphatic heterocycles. The fourth-order valence-corrected chi connectivity index (χ4v) is 3.09. The van der Waals surface area contributed by atoms with Crippen molar-refractivity contribution in [1.82, 2.24) is 9.88 Å². The number of anilines is 1. The van der Waals surface area contributed by atoms with Gasteiger partial charge in [-0.05, 0) is 36.5 Å². The molecule has 0 radical (unpaired) electrons. The number of nitrogen functional groups attached to an aromatic ring is 1. The number of aromatic amines is 1. The molecule has 1 fully saturated rings. The summed E-state index contributed by atoms with van der Waals surface area (Å²) in [7, 11) is 0. The quantitative estimate of drug-likeness (QED) is 0.783. The molecule has 3 N–H and O–H groups in total. The molecule has 106 valence electrons. The summed E-state index contributed by atoms with van der Waals surface area (Å²) < 4.78 is 0. The van der Waals surface area contributed by atoms with Crippen molar-refractivity contribution in [2.45, 2.75) is 26.7 Å². The third-order valence-corrected chi connectivity index (χ3v) is 4.12. The van der Waals surface area contributed by atoms with Gasteiger partial charge in [0.1, 0.15) is 0 Å². The lowest BCUT2D eigenvalue weighted by molar-refractivity contribution is 0.0585. The lowest BCUT2D eigenvalue weighted by atomic mass is 9.84. The van der Waals surface area contributed by atoms with Gasteiger partial charge in [0.05, 0.1) is 5.56 Å². The smallest absolute Gasteiger partial charge is 0.256 e. The molecule has 4 nitrogen and oxygen atoms in total. The van der Waals surface area contributed by atoms with E-state index in [1.807, 2.05) is 23.1 Å². The highest BCUT2D eigenvalue weighted by Crippen LogP contribution is 2.30. The van der Waals surface area contributed by atoms with Crippen LogP contribution in [0.1, 0.15) is 37.0 Å². The number of H-pyrrole nitrogens is 1. The highest BCUT2D eigenvalue weighted by Gasteiger charge is 2.30. The van der Waals surface area contributed by atoms with Gasteiger partial charge in [0.15, 0.2) is 0 Å². The van der Waals surface area contributed by atoms with E-state index in [1.165, 1.54) is 6.42 Å². The van der Waals surface area contributed by atoms with Crippen LogP contribution in [-0.2, 0) is 0 Å². The molecule has 0 aliphatic carbocycles. The number of amides is 1. The fourth-order valence-electron chi connectivity index (χ4n) is 3.09. The minimum Gasteiger partial charge on any atom is -0.399 e. The van der Waals surface area contributed by atoms with E-state index in [9.17, 15) is 4.79 Å². The Hall–Kier alpha value is -1.97. The molecule has 1 aliphatic rings. The number of carbonyl (C=O) groups excluding carboxylic acids is 1. The summed E-state index contributed by atoms with van der Waals surface area (Å²) in [5, 5.41) is 0.951. The van der Waals surface area contributed by atoms with E-state index in [0.717, 1.165) is 36.0 Å². The predicted octanol–water partition coefficient (Wildman–Crippen LogP) is 3.01. The van der Waals surface area contributed by atoms with E-state index in [4.69, 9.17) is 5.73 Å². The Bertz CT molecular complexity index is 657. The Morgan fingerprint density at radius 1 is 1.40 bits per heavy atom. The minimum atomic E-state index is 0.119. The summed E-state index contributed by atoms with van der Waals surface area (Å²) in [6, 6.07) is 5.63. The summed E-state index contributed by atoms with van der Waals surface area (Å²) in [6.07, 6.45) is 4.06. The molecule has 2 aromatic rings. The van der Waals surface area contributed by atoms with Crippen molar-refractivity contribution in [2.75, 3.05) is 18.8 Å². The lowest BCUT2D eigenvalue weighted by Crippen LogP contribution is -2.43. The van der Waals surface area contributed by atoms with Crippen LogP contribution in [0.3, 0.4) is 0 Å². The zero-order valence-electron chi connectivity index (χ0n) is 12.1. The Morgan fingerprint density at radius 2 is 2.20 bits per heavy atom. The predicted molar refractivity (Wildman–Crippen MR) is 81.6 cm³/mol. The van der Waals surface area contributed by atoms with Gasteiger partial charge in [-0.1, -0.05) is 13.8 Å². The molecule has 3 rings (SSSR count). The number of hydrogen-bond donors (Lipinski definition) is 2. The lowest BCUT2D eigenvalue weighted by Gasteiger charge is -2.38. The maximum absolute atomic E-state index is 12.7. The topological polar surface area (TPSA) is 62.1 Å². The number of aromatic nitrogens is 1. The molecule has 20 heavy (non-hydrogen) atoms. The second kappa shape index (κ2) is 4.54. The fraction of sp³-hybridized carbons (Fsp3) is 0.438. The summed E-state index contributed by atoms with van der Waals surface area (Å²) in [5.41, 5.74) is 8.36. The Kier molecular flexibility index (Phi) is 2.96. The summed E-state index contributed by atoms with van der Waals surface area (Å²) in [4.78, 5) is 17.8. The van der Waals surface area contributed by atoms with E-state index in [-0.39, 0.29) is 11.3 Å². The first-order chi connectivity index (χ1) is 9.46.